The number of thioether (sulfide) groups is 1. The van der Waals surface area contributed by atoms with E-state index in [1.807, 2.05) is 24.3 Å². The summed E-state index contributed by atoms with van der Waals surface area (Å²) < 4.78 is 27.0. The molecule has 7 heteroatoms. The SMILES string of the molecule is O=C(CSc1nc2ccccc2[nH]1)N(Cc1ccc(F)cc1F)C1CC1. The van der Waals surface area contributed by atoms with E-state index in [1.54, 1.807) is 4.90 Å². The summed E-state index contributed by atoms with van der Waals surface area (Å²) >= 11 is 1.33. The molecule has 0 aliphatic heterocycles. The average molecular weight is 373 g/mol. The van der Waals surface area contributed by atoms with Crippen molar-refractivity contribution in [2.75, 3.05) is 5.75 Å². The van der Waals surface area contributed by atoms with Crippen molar-refractivity contribution in [3.8, 4) is 0 Å². The van der Waals surface area contributed by atoms with E-state index in [0.29, 0.717) is 10.7 Å². The first-order valence-corrected chi connectivity index (χ1v) is 9.39. The molecule has 3 aromatic rings. The number of rotatable bonds is 6. The molecule has 1 aliphatic carbocycles. The van der Waals surface area contributed by atoms with Crippen molar-refractivity contribution in [2.45, 2.75) is 30.6 Å². The molecule has 134 valence electrons. The third-order valence-corrected chi connectivity index (χ3v) is 5.22. The minimum atomic E-state index is -0.617. The van der Waals surface area contributed by atoms with Gasteiger partial charge in [-0.05, 0) is 31.0 Å². The number of carbonyl (C=O) groups excluding carboxylic acids is 1. The second kappa shape index (κ2) is 7.07. The van der Waals surface area contributed by atoms with E-state index in [2.05, 4.69) is 9.97 Å². The molecule has 0 atom stereocenters. The number of aromatic amines is 1. The Labute approximate surface area is 153 Å². The highest BCUT2D eigenvalue weighted by atomic mass is 32.2. The van der Waals surface area contributed by atoms with E-state index >= 15 is 0 Å². The van der Waals surface area contributed by atoms with Gasteiger partial charge < -0.3 is 9.88 Å². The molecule has 0 saturated heterocycles. The number of nitrogens with zero attached hydrogens (tertiary/aromatic N) is 2. The van der Waals surface area contributed by atoms with Crippen LogP contribution in [0.15, 0.2) is 47.6 Å². The fourth-order valence-corrected chi connectivity index (χ4v) is 3.62. The molecule has 1 heterocycles. The van der Waals surface area contributed by atoms with Crippen LogP contribution < -0.4 is 0 Å². The van der Waals surface area contributed by atoms with Crippen LogP contribution in [0.4, 0.5) is 8.78 Å². The molecule has 0 bridgehead atoms. The molecule has 4 nitrogen and oxygen atoms in total. The van der Waals surface area contributed by atoms with Crippen molar-refractivity contribution in [2.24, 2.45) is 0 Å². The van der Waals surface area contributed by atoms with Gasteiger partial charge >= 0.3 is 0 Å². The Kier molecular flexibility index (Phi) is 4.63. The van der Waals surface area contributed by atoms with E-state index < -0.39 is 11.6 Å². The lowest BCUT2D eigenvalue weighted by molar-refractivity contribution is -0.129. The summed E-state index contributed by atoms with van der Waals surface area (Å²) in [5.74, 6) is -1.08. The van der Waals surface area contributed by atoms with Crippen molar-refractivity contribution >= 4 is 28.7 Å². The van der Waals surface area contributed by atoms with Crippen LogP contribution in [-0.4, -0.2) is 32.6 Å². The molecule has 0 spiro atoms. The van der Waals surface area contributed by atoms with Crippen LogP contribution in [0.5, 0.6) is 0 Å². The Morgan fingerprint density at radius 3 is 2.77 bits per heavy atom. The third kappa shape index (κ3) is 3.72. The molecular formula is C19H17F2N3OS. The lowest BCUT2D eigenvalue weighted by atomic mass is 10.2. The van der Waals surface area contributed by atoms with Crippen molar-refractivity contribution in [1.29, 1.82) is 0 Å². The number of carbonyl (C=O) groups is 1. The summed E-state index contributed by atoms with van der Waals surface area (Å²) in [6.45, 7) is 0.163. The molecule has 1 saturated carbocycles. The van der Waals surface area contributed by atoms with Crippen LogP contribution >= 0.6 is 11.8 Å². The van der Waals surface area contributed by atoms with E-state index in [1.165, 1.54) is 23.9 Å². The highest BCUT2D eigenvalue weighted by Gasteiger charge is 2.33. The Morgan fingerprint density at radius 2 is 2.04 bits per heavy atom. The summed E-state index contributed by atoms with van der Waals surface area (Å²) in [7, 11) is 0. The zero-order chi connectivity index (χ0) is 18.1. The lowest BCUT2D eigenvalue weighted by Crippen LogP contribution is -2.34. The molecular weight excluding hydrogens is 356 g/mol. The van der Waals surface area contributed by atoms with Crippen molar-refractivity contribution in [3.05, 3.63) is 59.7 Å². The topological polar surface area (TPSA) is 49.0 Å². The van der Waals surface area contributed by atoms with Gasteiger partial charge in [-0.25, -0.2) is 13.8 Å². The number of hydrogen-bond acceptors (Lipinski definition) is 3. The Morgan fingerprint density at radius 1 is 1.23 bits per heavy atom. The van der Waals surface area contributed by atoms with Crippen LogP contribution in [0.2, 0.25) is 0 Å². The van der Waals surface area contributed by atoms with Crippen molar-refractivity contribution in [1.82, 2.24) is 14.9 Å². The Hall–Kier alpha value is -2.41. The standard InChI is InChI=1S/C19H17F2N3OS/c20-13-6-5-12(15(21)9-13)10-24(14-7-8-14)18(25)11-26-19-22-16-3-1-2-4-17(16)23-19/h1-6,9,14H,7-8,10-11H2,(H,22,23). The molecule has 1 amide bonds. The van der Waals surface area contributed by atoms with Gasteiger partial charge in [0, 0.05) is 24.2 Å². The van der Waals surface area contributed by atoms with E-state index in [-0.39, 0.29) is 24.2 Å². The van der Waals surface area contributed by atoms with E-state index in [0.717, 1.165) is 29.9 Å². The molecule has 4 rings (SSSR count). The number of amides is 1. The maximum atomic E-state index is 13.9. The quantitative estimate of drug-likeness (QED) is 0.661. The van der Waals surface area contributed by atoms with Crippen molar-refractivity contribution in [3.63, 3.8) is 0 Å². The molecule has 1 N–H and O–H groups in total. The number of fused-ring (bicyclic) bond motifs is 1. The smallest absolute Gasteiger partial charge is 0.233 e. The van der Waals surface area contributed by atoms with Gasteiger partial charge in [-0.15, -0.1) is 0 Å². The summed E-state index contributed by atoms with van der Waals surface area (Å²) in [6, 6.07) is 11.3. The van der Waals surface area contributed by atoms with Gasteiger partial charge in [-0.3, -0.25) is 4.79 Å². The minimum Gasteiger partial charge on any atom is -0.335 e. The van der Waals surface area contributed by atoms with Gasteiger partial charge in [0.25, 0.3) is 0 Å². The fraction of sp³-hybridized carbons (Fsp3) is 0.263. The summed E-state index contributed by atoms with van der Waals surface area (Å²) in [5, 5.41) is 0.684. The summed E-state index contributed by atoms with van der Waals surface area (Å²) in [4.78, 5) is 22.0. The second-order valence-corrected chi connectivity index (χ2v) is 7.30. The third-order valence-electron chi connectivity index (χ3n) is 4.36. The van der Waals surface area contributed by atoms with Crippen LogP contribution in [-0.2, 0) is 11.3 Å². The van der Waals surface area contributed by atoms with E-state index in [4.69, 9.17) is 0 Å². The number of benzene rings is 2. The summed E-state index contributed by atoms with van der Waals surface area (Å²) in [6.07, 6.45) is 1.84. The van der Waals surface area contributed by atoms with Gasteiger partial charge in [0.2, 0.25) is 5.91 Å². The van der Waals surface area contributed by atoms with Gasteiger partial charge in [0.05, 0.1) is 16.8 Å². The number of para-hydroxylation sites is 2. The molecule has 1 aliphatic rings. The van der Waals surface area contributed by atoms with E-state index in [9.17, 15) is 13.6 Å². The zero-order valence-electron chi connectivity index (χ0n) is 13.9. The number of nitrogens with one attached hydrogen (secondary N) is 1. The minimum absolute atomic E-state index is 0.0679. The predicted molar refractivity (Wildman–Crippen MR) is 96.7 cm³/mol. The number of aromatic nitrogens is 2. The normalized spacial score (nSPS) is 13.9. The molecule has 26 heavy (non-hydrogen) atoms. The van der Waals surface area contributed by atoms with Gasteiger partial charge in [0.15, 0.2) is 5.16 Å². The largest absolute Gasteiger partial charge is 0.335 e. The van der Waals surface area contributed by atoms with Gasteiger partial charge in [-0.1, -0.05) is 30.0 Å². The second-order valence-electron chi connectivity index (χ2n) is 6.34. The zero-order valence-corrected chi connectivity index (χ0v) is 14.7. The molecule has 1 fully saturated rings. The molecule has 0 unspecified atom stereocenters. The molecule has 1 aromatic heterocycles. The van der Waals surface area contributed by atoms with Crippen LogP contribution in [0.1, 0.15) is 18.4 Å². The fourth-order valence-electron chi connectivity index (χ4n) is 2.85. The Bertz CT molecular complexity index is 922. The first-order valence-electron chi connectivity index (χ1n) is 8.41. The van der Waals surface area contributed by atoms with Gasteiger partial charge in [-0.2, -0.15) is 0 Å². The number of imidazole rings is 1. The highest BCUT2D eigenvalue weighted by molar-refractivity contribution is 7.99. The van der Waals surface area contributed by atoms with Crippen LogP contribution in [0, 0.1) is 11.6 Å². The number of H-pyrrole nitrogens is 1. The number of hydrogen-bond donors (Lipinski definition) is 1. The Balaban J connectivity index is 1.44. The van der Waals surface area contributed by atoms with Crippen LogP contribution in [0.25, 0.3) is 11.0 Å². The van der Waals surface area contributed by atoms with Crippen LogP contribution in [0.3, 0.4) is 0 Å². The average Bonchev–Trinajstić information content (AvgIpc) is 3.37. The predicted octanol–water partition coefficient (Wildman–Crippen LogP) is 4.12. The monoisotopic (exact) mass is 373 g/mol. The van der Waals surface area contributed by atoms with Crippen molar-refractivity contribution < 1.29 is 13.6 Å². The maximum Gasteiger partial charge on any atom is 0.233 e. The first kappa shape index (κ1) is 17.0. The summed E-state index contributed by atoms with van der Waals surface area (Å²) in [5.41, 5.74) is 2.12. The maximum absolute atomic E-state index is 13.9. The molecule has 0 radical (unpaired) electrons. The molecule has 2 aromatic carbocycles. The highest BCUT2D eigenvalue weighted by Crippen LogP contribution is 2.30. The first-order chi connectivity index (χ1) is 12.6. The number of halogens is 2. The lowest BCUT2D eigenvalue weighted by Gasteiger charge is -2.22. The van der Waals surface area contributed by atoms with Gasteiger partial charge in [0.1, 0.15) is 11.6 Å².